The van der Waals surface area contributed by atoms with Gasteiger partial charge in [-0.25, -0.2) is 8.42 Å². The van der Waals surface area contributed by atoms with E-state index in [4.69, 9.17) is 4.74 Å². The Morgan fingerprint density at radius 2 is 1.95 bits per heavy atom. The molecule has 0 aromatic heterocycles. The summed E-state index contributed by atoms with van der Waals surface area (Å²) < 4.78 is 27.1. The molecule has 0 heterocycles. The van der Waals surface area contributed by atoms with Crippen LogP contribution < -0.4 is 5.32 Å². The van der Waals surface area contributed by atoms with Crippen LogP contribution in [0.2, 0.25) is 0 Å². The molecule has 0 radical (unpaired) electrons. The van der Waals surface area contributed by atoms with E-state index in [1.54, 1.807) is 6.92 Å². The predicted octanol–water partition coefficient (Wildman–Crippen LogP) is -0.106. The maximum atomic E-state index is 11.7. The summed E-state index contributed by atoms with van der Waals surface area (Å²) in [4.78, 5) is 13.6. The predicted molar refractivity (Wildman–Crippen MR) is 75.9 cm³/mol. The summed E-state index contributed by atoms with van der Waals surface area (Å²) in [5.41, 5.74) is 0. The zero-order valence-electron chi connectivity index (χ0n) is 12.3. The zero-order chi connectivity index (χ0) is 14.9. The number of rotatable bonds is 10. The van der Waals surface area contributed by atoms with E-state index in [2.05, 4.69) is 5.32 Å². The van der Waals surface area contributed by atoms with Crippen LogP contribution in [0.1, 0.15) is 20.3 Å². The van der Waals surface area contributed by atoms with Gasteiger partial charge in [-0.1, -0.05) is 6.92 Å². The molecule has 19 heavy (non-hydrogen) atoms. The maximum Gasteiger partial charge on any atom is 0.323 e. The summed E-state index contributed by atoms with van der Waals surface area (Å²) in [6.07, 6.45) is 1.83. The third-order valence-corrected chi connectivity index (χ3v) is 3.59. The molecule has 1 unspecified atom stereocenters. The van der Waals surface area contributed by atoms with E-state index in [1.165, 1.54) is 6.26 Å². The largest absolute Gasteiger partial charge is 0.465 e. The highest BCUT2D eigenvalue weighted by Gasteiger charge is 2.19. The second-order valence-electron chi connectivity index (χ2n) is 4.58. The van der Waals surface area contributed by atoms with Crippen molar-refractivity contribution in [2.45, 2.75) is 26.3 Å². The van der Waals surface area contributed by atoms with Crippen LogP contribution >= 0.6 is 0 Å². The fourth-order valence-electron chi connectivity index (χ4n) is 1.58. The highest BCUT2D eigenvalue weighted by Crippen LogP contribution is 1.99. The lowest BCUT2D eigenvalue weighted by atomic mass is 10.2. The van der Waals surface area contributed by atoms with Gasteiger partial charge in [0.25, 0.3) is 0 Å². The first kappa shape index (κ1) is 18.3. The van der Waals surface area contributed by atoms with E-state index >= 15 is 0 Å². The van der Waals surface area contributed by atoms with Crippen LogP contribution in [-0.2, 0) is 19.4 Å². The fraction of sp³-hybridized carbons (Fsp3) is 0.917. The molecule has 0 fully saturated rings. The number of likely N-dealkylation sites (N-methyl/N-ethyl adjacent to an activating group) is 1. The second-order valence-corrected chi connectivity index (χ2v) is 6.84. The van der Waals surface area contributed by atoms with Crippen LogP contribution in [0.25, 0.3) is 0 Å². The smallest absolute Gasteiger partial charge is 0.323 e. The molecular formula is C12H26N2O4S. The molecule has 6 nitrogen and oxygen atoms in total. The first-order valence-electron chi connectivity index (χ1n) is 6.56. The summed E-state index contributed by atoms with van der Waals surface area (Å²) in [5.74, 6) is -0.115. The van der Waals surface area contributed by atoms with E-state index < -0.39 is 9.84 Å². The molecule has 0 aliphatic carbocycles. The number of carbonyl (C=O) groups excluding carboxylic acids is 1. The summed E-state index contributed by atoms with van der Waals surface area (Å²) in [5, 5.41) is 3.08. The van der Waals surface area contributed by atoms with Crippen LogP contribution in [-0.4, -0.2) is 70.6 Å². The van der Waals surface area contributed by atoms with Crippen molar-refractivity contribution in [3.05, 3.63) is 0 Å². The van der Waals surface area contributed by atoms with Gasteiger partial charge in [-0.2, -0.15) is 0 Å². The average molecular weight is 294 g/mol. The van der Waals surface area contributed by atoms with Gasteiger partial charge in [-0.3, -0.25) is 4.79 Å². The lowest BCUT2D eigenvalue weighted by Gasteiger charge is -2.20. The molecule has 0 rings (SSSR count). The van der Waals surface area contributed by atoms with Crippen LogP contribution in [0.15, 0.2) is 0 Å². The Morgan fingerprint density at radius 3 is 2.42 bits per heavy atom. The number of carbonyl (C=O) groups is 1. The summed E-state index contributed by atoms with van der Waals surface area (Å²) >= 11 is 0. The Labute approximate surface area is 116 Å². The van der Waals surface area contributed by atoms with Gasteiger partial charge in [-0.15, -0.1) is 0 Å². The molecule has 1 N–H and O–H groups in total. The molecule has 0 aliphatic rings. The number of nitrogens with zero attached hydrogens (tertiary/aromatic N) is 1. The molecule has 0 aromatic carbocycles. The summed E-state index contributed by atoms with van der Waals surface area (Å²) in [6.45, 7) is 5.88. The Kier molecular flexibility index (Phi) is 8.95. The van der Waals surface area contributed by atoms with Crippen molar-refractivity contribution in [3.63, 3.8) is 0 Å². The highest BCUT2D eigenvalue weighted by molar-refractivity contribution is 7.90. The van der Waals surface area contributed by atoms with Gasteiger partial charge < -0.3 is 15.0 Å². The molecule has 1 atom stereocenters. The van der Waals surface area contributed by atoms with Gasteiger partial charge >= 0.3 is 5.97 Å². The average Bonchev–Trinajstić information content (AvgIpc) is 2.31. The molecule has 0 amide bonds. The van der Waals surface area contributed by atoms with E-state index in [0.717, 1.165) is 0 Å². The Balaban J connectivity index is 4.13. The Morgan fingerprint density at radius 1 is 1.32 bits per heavy atom. The molecular weight excluding hydrogens is 268 g/mol. The zero-order valence-corrected chi connectivity index (χ0v) is 13.1. The number of sulfone groups is 1. The third kappa shape index (κ3) is 9.86. The van der Waals surface area contributed by atoms with Gasteiger partial charge in [0.15, 0.2) is 0 Å². The molecule has 0 aliphatic heterocycles. The Bertz CT molecular complexity index is 357. The molecule has 0 aromatic rings. The number of ether oxygens (including phenoxy) is 1. The minimum atomic E-state index is -2.94. The molecule has 0 spiro atoms. The van der Waals surface area contributed by atoms with Crippen LogP contribution in [0.3, 0.4) is 0 Å². The van der Waals surface area contributed by atoms with Crippen LogP contribution in [0.4, 0.5) is 0 Å². The lowest BCUT2D eigenvalue weighted by Crippen LogP contribution is -2.41. The molecule has 0 saturated carbocycles. The number of nitrogens with one attached hydrogen (secondary N) is 1. The lowest BCUT2D eigenvalue weighted by molar-refractivity contribution is -0.145. The SMILES string of the molecule is CCNC(CCN(C)CCS(C)(=O)=O)C(=O)OCC. The topological polar surface area (TPSA) is 75.7 Å². The minimum Gasteiger partial charge on any atom is -0.465 e. The molecule has 0 saturated heterocycles. The first-order chi connectivity index (χ1) is 8.80. The highest BCUT2D eigenvalue weighted by atomic mass is 32.2. The molecule has 114 valence electrons. The summed E-state index contributed by atoms with van der Waals surface area (Å²) in [7, 11) is -1.10. The summed E-state index contributed by atoms with van der Waals surface area (Å²) in [6, 6.07) is -0.328. The van der Waals surface area contributed by atoms with Gasteiger partial charge in [0.1, 0.15) is 15.9 Å². The first-order valence-corrected chi connectivity index (χ1v) is 8.62. The van der Waals surface area contributed by atoms with Gasteiger partial charge in [0.2, 0.25) is 0 Å². The van der Waals surface area contributed by atoms with Crippen molar-refractivity contribution in [3.8, 4) is 0 Å². The van der Waals surface area contributed by atoms with Crippen molar-refractivity contribution in [1.29, 1.82) is 0 Å². The van der Waals surface area contributed by atoms with Crippen LogP contribution in [0, 0.1) is 0 Å². The third-order valence-electron chi connectivity index (χ3n) is 2.66. The fourth-order valence-corrected chi connectivity index (χ4v) is 2.22. The van der Waals surface area contributed by atoms with E-state index in [1.807, 2.05) is 18.9 Å². The van der Waals surface area contributed by atoms with Crippen LogP contribution in [0.5, 0.6) is 0 Å². The Hall–Kier alpha value is -0.660. The van der Waals surface area contributed by atoms with E-state index in [9.17, 15) is 13.2 Å². The molecule has 0 bridgehead atoms. The molecule has 7 heteroatoms. The normalized spacial score (nSPS) is 13.5. The van der Waals surface area contributed by atoms with Gasteiger partial charge in [0, 0.05) is 12.8 Å². The quantitative estimate of drug-likeness (QED) is 0.567. The van der Waals surface area contributed by atoms with E-state index in [-0.39, 0.29) is 17.8 Å². The van der Waals surface area contributed by atoms with Crippen molar-refractivity contribution in [2.75, 3.05) is 45.3 Å². The van der Waals surface area contributed by atoms with E-state index in [0.29, 0.717) is 32.7 Å². The maximum absolute atomic E-state index is 11.7. The number of esters is 1. The van der Waals surface area contributed by atoms with Gasteiger partial charge in [-0.05, 0) is 33.5 Å². The standard InChI is InChI=1S/C12H26N2O4S/c1-5-13-11(12(15)18-6-2)7-8-14(3)9-10-19(4,16)17/h11,13H,5-10H2,1-4H3. The van der Waals surface area contributed by atoms with Crippen molar-refractivity contribution in [1.82, 2.24) is 10.2 Å². The van der Waals surface area contributed by atoms with Crippen molar-refractivity contribution >= 4 is 15.8 Å². The van der Waals surface area contributed by atoms with Gasteiger partial charge in [0.05, 0.1) is 12.4 Å². The minimum absolute atomic E-state index is 0.134. The monoisotopic (exact) mass is 294 g/mol. The number of hydrogen-bond acceptors (Lipinski definition) is 6. The number of hydrogen-bond donors (Lipinski definition) is 1. The second kappa shape index (κ2) is 9.28. The van der Waals surface area contributed by atoms with Crippen molar-refractivity contribution in [2.24, 2.45) is 0 Å². The van der Waals surface area contributed by atoms with Crippen molar-refractivity contribution < 1.29 is 17.9 Å².